The highest BCUT2D eigenvalue weighted by Gasteiger charge is 2.20. The quantitative estimate of drug-likeness (QED) is 0.842. The van der Waals surface area contributed by atoms with Crippen LogP contribution < -0.4 is 5.32 Å². The third kappa shape index (κ3) is 3.19. The maximum atomic E-state index is 13.1. The van der Waals surface area contributed by atoms with Crippen LogP contribution in [-0.2, 0) is 6.54 Å². The number of aromatic hydroxyl groups is 1. The summed E-state index contributed by atoms with van der Waals surface area (Å²) in [5.74, 6) is -0.0626. The fourth-order valence-electron chi connectivity index (χ4n) is 2.56. The third-order valence-corrected chi connectivity index (χ3v) is 3.75. The van der Waals surface area contributed by atoms with Crippen LogP contribution in [-0.4, -0.2) is 11.1 Å². The molecule has 0 heterocycles. The Labute approximate surface area is 102 Å². The van der Waals surface area contributed by atoms with E-state index in [9.17, 15) is 4.39 Å². The molecule has 1 fully saturated rings. The summed E-state index contributed by atoms with van der Waals surface area (Å²) < 4.78 is 13.1. The molecule has 2 rings (SSSR count). The monoisotopic (exact) mass is 237 g/mol. The van der Waals surface area contributed by atoms with Crippen molar-refractivity contribution in [3.63, 3.8) is 0 Å². The summed E-state index contributed by atoms with van der Waals surface area (Å²) in [5.41, 5.74) is 0.880. The first-order valence-corrected chi connectivity index (χ1v) is 6.37. The normalized spacial score (nSPS) is 18.5. The van der Waals surface area contributed by atoms with Crippen molar-refractivity contribution < 1.29 is 9.50 Å². The molecule has 0 radical (unpaired) electrons. The van der Waals surface area contributed by atoms with E-state index in [1.54, 1.807) is 6.07 Å². The summed E-state index contributed by atoms with van der Waals surface area (Å²) in [5, 5.41) is 12.5. The van der Waals surface area contributed by atoms with E-state index in [4.69, 9.17) is 5.11 Å². The molecule has 0 unspecified atom stereocenters. The summed E-state index contributed by atoms with van der Waals surface area (Å²) >= 11 is 0. The number of phenolic OH excluding ortho intramolecular Hbond substituents is 1. The second-order valence-corrected chi connectivity index (χ2v) is 5.00. The minimum absolute atomic E-state index is 0.280. The van der Waals surface area contributed by atoms with Crippen molar-refractivity contribution in [2.75, 3.05) is 0 Å². The number of hydrogen-bond acceptors (Lipinski definition) is 2. The molecular formula is C14H20FNO. The van der Waals surface area contributed by atoms with E-state index in [1.807, 2.05) is 0 Å². The lowest BCUT2D eigenvalue weighted by Gasteiger charge is -2.20. The second-order valence-electron chi connectivity index (χ2n) is 5.00. The number of halogens is 1. The lowest BCUT2D eigenvalue weighted by atomic mass is 9.99. The summed E-state index contributed by atoms with van der Waals surface area (Å²) in [6.07, 6.45) is 5.28. The smallest absolute Gasteiger partial charge is 0.165 e. The van der Waals surface area contributed by atoms with Crippen molar-refractivity contribution >= 4 is 0 Å². The van der Waals surface area contributed by atoms with Crippen LogP contribution in [0.1, 0.15) is 38.2 Å². The number of hydrogen-bond donors (Lipinski definition) is 2. The maximum absolute atomic E-state index is 13.1. The van der Waals surface area contributed by atoms with E-state index >= 15 is 0 Å². The lowest BCUT2D eigenvalue weighted by molar-refractivity contribution is 0.379. The van der Waals surface area contributed by atoms with Crippen molar-refractivity contribution in [3.8, 4) is 5.75 Å². The molecule has 1 aliphatic carbocycles. The molecule has 17 heavy (non-hydrogen) atoms. The van der Waals surface area contributed by atoms with Gasteiger partial charge in [-0.2, -0.15) is 0 Å². The fraction of sp³-hybridized carbons (Fsp3) is 0.571. The first kappa shape index (κ1) is 12.4. The van der Waals surface area contributed by atoms with Gasteiger partial charge in [0.1, 0.15) is 0 Å². The standard InChI is InChI=1S/C14H20FNO/c1-10(12-4-2-3-5-12)16-9-11-6-7-14(17)13(15)8-11/h6-8,10,12,16-17H,2-5,9H2,1H3/t10-/m0/s1. The van der Waals surface area contributed by atoms with Crippen LogP contribution >= 0.6 is 0 Å². The van der Waals surface area contributed by atoms with E-state index in [2.05, 4.69) is 12.2 Å². The Morgan fingerprint density at radius 1 is 1.41 bits per heavy atom. The number of phenols is 1. The minimum Gasteiger partial charge on any atom is -0.505 e. The lowest BCUT2D eigenvalue weighted by Crippen LogP contribution is -2.31. The number of rotatable bonds is 4. The molecule has 0 bridgehead atoms. The highest BCUT2D eigenvalue weighted by atomic mass is 19.1. The Bertz CT molecular complexity index is 374. The summed E-state index contributed by atoms with van der Waals surface area (Å²) in [6, 6.07) is 5.04. The van der Waals surface area contributed by atoms with Crippen LogP contribution in [0.2, 0.25) is 0 Å². The van der Waals surface area contributed by atoms with Crippen molar-refractivity contribution in [2.45, 2.75) is 45.2 Å². The van der Waals surface area contributed by atoms with Gasteiger partial charge in [0.15, 0.2) is 11.6 Å². The van der Waals surface area contributed by atoms with E-state index in [0.29, 0.717) is 12.6 Å². The molecule has 1 saturated carbocycles. The molecule has 3 heteroatoms. The van der Waals surface area contributed by atoms with E-state index < -0.39 is 5.82 Å². The molecule has 2 N–H and O–H groups in total. The van der Waals surface area contributed by atoms with Gasteiger partial charge in [-0.25, -0.2) is 4.39 Å². The van der Waals surface area contributed by atoms with E-state index in [-0.39, 0.29) is 5.75 Å². The molecule has 0 saturated heterocycles. The summed E-state index contributed by atoms with van der Waals surface area (Å²) in [4.78, 5) is 0. The zero-order valence-corrected chi connectivity index (χ0v) is 10.2. The van der Waals surface area contributed by atoms with Gasteiger partial charge in [0.25, 0.3) is 0 Å². The van der Waals surface area contributed by atoms with Crippen LogP contribution in [0.5, 0.6) is 5.75 Å². The molecule has 2 nitrogen and oxygen atoms in total. The van der Waals surface area contributed by atoms with Gasteiger partial charge in [0.2, 0.25) is 0 Å². The van der Waals surface area contributed by atoms with E-state index in [1.165, 1.54) is 37.8 Å². The van der Waals surface area contributed by atoms with Gasteiger partial charge in [-0.05, 0) is 43.4 Å². The van der Waals surface area contributed by atoms with Crippen molar-refractivity contribution in [2.24, 2.45) is 5.92 Å². The highest BCUT2D eigenvalue weighted by Crippen LogP contribution is 2.27. The zero-order chi connectivity index (χ0) is 12.3. The molecular weight excluding hydrogens is 217 g/mol. The first-order chi connectivity index (χ1) is 8.16. The van der Waals surface area contributed by atoms with Gasteiger partial charge in [-0.3, -0.25) is 0 Å². The molecule has 1 aromatic carbocycles. The molecule has 0 spiro atoms. The Kier molecular flexibility index (Phi) is 4.00. The van der Waals surface area contributed by atoms with E-state index in [0.717, 1.165) is 11.5 Å². The molecule has 1 atom stereocenters. The van der Waals surface area contributed by atoms with Gasteiger partial charge < -0.3 is 10.4 Å². The van der Waals surface area contributed by atoms with Crippen LogP contribution in [0, 0.1) is 11.7 Å². The molecule has 0 aromatic heterocycles. The zero-order valence-electron chi connectivity index (χ0n) is 10.2. The predicted octanol–water partition coefficient (Wildman–Crippen LogP) is 3.20. The topological polar surface area (TPSA) is 32.3 Å². The number of benzene rings is 1. The Hall–Kier alpha value is -1.09. The average Bonchev–Trinajstić information content (AvgIpc) is 2.84. The molecule has 0 aliphatic heterocycles. The van der Waals surface area contributed by atoms with Crippen LogP contribution in [0.3, 0.4) is 0 Å². The van der Waals surface area contributed by atoms with Gasteiger partial charge in [0, 0.05) is 12.6 Å². The average molecular weight is 237 g/mol. The van der Waals surface area contributed by atoms with Crippen molar-refractivity contribution in [1.82, 2.24) is 5.32 Å². The van der Waals surface area contributed by atoms with Gasteiger partial charge in [-0.1, -0.05) is 18.9 Å². The van der Waals surface area contributed by atoms with Crippen LogP contribution in [0.25, 0.3) is 0 Å². The Balaban J connectivity index is 1.86. The highest BCUT2D eigenvalue weighted by molar-refractivity contribution is 5.27. The van der Waals surface area contributed by atoms with Crippen LogP contribution in [0.4, 0.5) is 4.39 Å². The minimum atomic E-state index is -0.544. The Morgan fingerprint density at radius 3 is 2.76 bits per heavy atom. The molecule has 94 valence electrons. The van der Waals surface area contributed by atoms with Crippen molar-refractivity contribution in [1.29, 1.82) is 0 Å². The van der Waals surface area contributed by atoms with Crippen LogP contribution in [0.15, 0.2) is 18.2 Å². The second kappa shape index (κ2) is 5.50. The summed E-state index contributed by atoms with van der Waals surface area (Å²) in [7, 11) is 0. The van der Waals surface area contributed by atoms with Gasteiger partial charge in [-0.15, -0.1) is 0 Å². The molecule has 1 aromatic rings. The molecule has 0 amide bonds. The summed E-state index contributed by atoms with van der Waals surface area (Å²) in [6.45, 7) is 2.86. The van der Waals surface area contributed by atoms with Crippen molar-refractivity contribution in [3.05, 3.63) is 29.6 Å². The Morgan fingerprint density at radius 2 is 2.12 bits per heavy atom. The van der Waals surface area contributed by atoms with Gasteiger partial charge in [0.05, 0.1) is 0 Å². The molecule has 1 aliphatic rings. The SMILES string of the molecule is C[C@H](NCc1ccc(O)c(F)c1)C1CCCC1. The maximum Gasteiger partial charge on any atom is 0.165 e. The number of nitrogens with one attached hydrogen (secondary N) is 1. The first-order valence-electron chi connectivity index (χ1n) is 6.37. The third-order valence-electron chi connectivity index (χ3n) is 3.75. The fourth-order valence-corrected chi connectivity index (χ4v) is 2.56. The largest absolute Gasteiger partial charge is 0.505 e. The predicted molar refractivity (Wildman–Crippen MR) is 66.3 cm³/mol. The van der Waals surface area contributed by atoms with Gasteiger partial charge >= 0.3 is 0 Å².